The van der Waals surface area contributed by atoms with Gasteiger partial charge < -0.3 is 4.74 Å². The van der Waals surface area contributed by atoms with E-state index >= 15 is 0 Å². The summed E-state index contributed by atoms with van der Waals surface area (Å²) >= 11 is 18.4. The molecule has 1 heterocycles. The maximum absolute atomic E-state index is 12.4. The third kappa shape index (κ3) is 4.45. The Morgan fingerprint density at radius 3 is 2.70 bits per heavy atom. The molecule has 1 aromatic carbocycles. The molecular weight excluding hydrogens is 379 g/mol. The molecule has 1 fully saturated rings. The average Bonchev–Trinajstić information content (AvgIpc) is 2.76. The number of esters is 1. The molecule has 0 unspecified atom stereocenters. The Labute approximate surface area is 152 Å². The van der Waals surface area contributed by atoms with Crippen molar-refractivity contribution in [2.24, 2.45) is 0 Å². The van der Waals surface area contributed by atoms with Gasteiger partial charge in [-0.2, -0.15) is 0 Å². The van der Waals surface area contributed by atoms with Gasteiger partial charge in [-0.1, -0.05) is 53.2 Å². The number of nitrogens with zero attached hydrogens (tertiary/aromatic N) is 1. The highest BCUT2D eigenvalue weighted by molar-refractivity contribution is 8.26. The summed E-state index contributed by atoms with van der Waals surface area (Å²) in [6, 6.07) is 5.08. The summed E-state index contributed by atoms with van der Waals surface area (Å²) < 4.78 is 5.07. The number of thioether (sulfide) groups is 1. The summed E-state index contributed by atoms with van der Waals surface area (Å²) in [6.45, 7) is 1.82. The molecule has 122 valence electrons. The Kier molecular flexibility index (Phi) is 6.43. The highest BCUT2D eigenvalue weighted by Crippen LogP contribution is 2.34. The Hall–Kier alpha value is -1.12. The van der Waals surface area contributed by atoms with E-state index in [1.807, 2.05) is 0 Å². The number of nitrogens with one attached hydrogen (secondary N) is 1. The van der Waals surface area contributed by atoms with Crippen molar-refractivity contribution < 1.29 is 14.3 Å². The molecular formula is C14H12Cl2N2O3S2. The number of benzene rings is 1. The molecule has 23 heavy (non-hydrogen) atoms. The van der Waals surface area contributed by atoms with E-state index in [4.69, 9.17) is 40.2 Å². The van der Waals surface area contributed by atoms with Gasteiger partial charge in [0.2, 0.25) is 0 Å². The molecule has 1 saturated heterocycles. The van der Waals surface area contributed by atoms with Crippen molar-refractivity contribution >= 4 is 69.5 Å². The van der Waals surface area contributed by atoms with Crippen molar-refractivity contribution in [1.29, 1.82) is 0 Å². The van der Waals surface area contributed by atoms with Crippen molar-refractivity contribution in [2.45, 2.75) is 6.92 Å². The number of carbonyl (C=O) groups excluding carboxylic acids is 2. The SMILES string of the molecule is CCOC(=O)CNN1C(=O)/C(=C\c2c(Cl)cccc2Cl)SC1=S. The number of amides is 1. The minimum absolute atomic E-state index is 0.152. The summed E-state index contributed by atoms with van der Waals surface area (Å²) in [5.41, 5.74) is 3.19. The van der Waals surface area contributed by atoms with E-state index in [1.165, 1.54) is 0 Å². The van der Waals surface area contributed by atoms with Crippen LogP contribution in [-0.2, 0) is 14.3 Å². The molecule has 0 bridgehead atoms. The van der Waals surface area contributed by atoms with E-state index in [9.17, 15) is 9.59 Å². The van der Waals surface area contributed by atoms with Crippen LogP contribution in [0, 0.1) is 0 Å². The molecule has 1 aliphatic heterocycles. The van der Waals surface area contributed by atoms with Crippen molar-refractivity contribution in [2.75, 3.05) is 13.2 Å². The lowest BCUT2D eigenvalue weighted by Gasteiger charge is -2.14. The van der Waals surface area contributed by atoms with E-state index in [1.54, 1.807) is 31.2 Å². The van der Waals surface area contributed by atoms with Crippen LogP contribution in [-0.4, -0.2) is 34.4 Å². The number of hydrogen-bond acceptors (Lipinski definition) is 6. The third-order valence-electron chi connectivity index (χ3n) is 2.76. The molecule has 0 spiro atoms. The normalized spacial score (nSPS) is 16.3. The highest BCUT2D eigenvalue weighted by Gasteiger charge is 2.32. The van der Waals surface area contributed by atoms with Gasteiger partial charge >= 0.3 is 5.97 Å². The number of halogens is 2. The molecule has 0 aliphatic carbocycles. The Morgan fingerprint density at radius 1 is 1.43 bits per heavy atom. The second-order valence-electron chi connectivity index (χ2n) is 4.29. The lowest BCUT2D eigenvalue weighted by Crippen LogP contribution is -2.44. The van der Waals surface area contributed by atoms with Crippen LogP contribution in [0.15, 0.2) is 23.1 Å². The molecule has 1 aromatic rings. The summed E-state index contributed by atoms with van der Waals surface area (Å²) in [5, 5.41) is 2.00. The molecule has 2 rings (SSSR count). The van der Waals surface area contributed by atoms with Crippen LogP contribution >= 0.6 is 47.2 Å². The van der Waals surface area contributed by atoms with E-state index in [0.717, 1.165) is 16.8 Å². The second-order valence-corrected chi connectivity index (χ2v) is 6.78. The lowest BCUT2D eigenvalue weighted by molar-refractivity contribution is -0.143. The van der Waals surface area contributed by atoms with Gasteiger partial charge in [0, 0.05) is 15.6 Å². The van der Waals surface area contributed by atoms with Crippen LogP contribution in [0.4, 0.5) is 0 Å². The zero-order chi connectivity index (χ0) is 17.0. The molecule has 9 heteroatoms. The Morgan fingerprint density at radius 2 is 2.09 bits per heavy atom. The van der Waals surface area contributed by atoms with Gasteiger partial charge in [-0.05, 0) is 25.1 Å². The summed E-state index contributed by atoms with van der Waals surface area (Å²) in [4.78, 5) is 24.1. The van der Waals surface area contributed by atoms with Crippen molar-refractivity contribution in [3.63, 3.8) is 0 Å². The second kappa shape index (κ2) is 8.12. The highest BCUT2D eigenvalue weighted by atomic mass is 35.5. The standard InChI is InChI=1S/C14H12Cl2N2O3S2/c1-2-21-12(19)7-17-18-13(20)11(23-14(18)22)6-8-9(15)4-3-5-10(8)16/h3-6,17H,2,7H2,1H3/b11-6+. The van der Waals surface area contributed by atoms with Gasteiger partial charge in [0.15, 0.2) is 4.32 Å². The fraction of sp³-hybridized carbons (Fsp3) is 0.214. The molecule has 0 aromatic heterocycles. The monoisotopic (exact) mass is 390 g/mol. The average molecular weight is 391 g/mol. The molecule has 5 nitrogen and oxygen atoms in total. The zero-order valence-corrected chi connectivity index (χ0v) is 15.1. The number of ether oxygens (including phenoxy) is 1. The first-order valence-corrected chi connectivity index (χ1v) is 8.53. The van der Waals surface area contributed by atoms with Gasteiger partial charge in [0.05, 0.1) is 11.5 Å². The Bertz CT molecular complexity index is 674. The van der Waals surface area contributed by atoms with Crippen LogP contribution in [0.25, 0.3) is 6.08 Å². The number of hydrazine groups is 1. The fourth-order valence-electron chi connectivity index (χ4n) is 1.74. The fourth-order valence-corrected chi connectivity index (χ4v) is 3.44. The predicted octanol–water partition coefficient (Wildman–Crippen LogP) is 3.26. The minimum Gasteiger partial charge on any atom is -0.465 e. The van der Waals surface area contributed by atoms with E-state index in [0.29, 0.717) is 20.5 Å². The van der Waals surface area contributed by atoms with Crippen LogP contribution < -0.4 is 5.43 Å². The number of rotatable bonds is 5. The third-order valence-corrected chi connectivity index (χ3v) is 4.72. The summed E-state index contributed by atoms with van der Waals surface area (Å²) in [5.74, 6) is -0.847. The first kappa shape index (κ1) is 18.2. The quantitative estimate of drug-likeness (QED) is 0.473. The molecule has 0 saturated carbocycles. The van der Waals surface area contributed by atoms with Crippen LogP contribution in [0.2, 0.25) is 10.0 Å². The first-order valence-electron chi connectivity index (χ1n) is 6.55. The number of hydrogen-bond donors (Lipinski definition) is 1. The van der Waals surface area contributed by atoms with Gasteiger partial charge in [-0.3, -0.25) is 9.59 Å². The number of carbonyl (C=O) groups is 2. The van der Waals surface area contributed by atoms with Crippen LogP contribution in [0.5, 0.6) is 0 Å². The minimum atomic E-state index is -0.473. The Balaban J connectivity index is 2.15. The van der Waals surface area contributed by atoms with Gasteiger partial charge in [-0.15, -0.1) is 0 Å². The van der Waals surface area contributed by atoms with E-state index in [-0.39, 0.29) is 23.4 Å². The van der Waals surface area contributed by atoms with E-state index in [2.05, 4.69) is 5.43 Å². The largest absolute Gasteiger partial charge is 0.465 e. The van der Waals surface area contributed by atoms with Crippen molar-refractivity contribution in [3.05, 3.63) is 38.7 Å². The maximum atomic E-state index is 12.4. The molecule has 1 N–H and O–H groups in total. The lowest BCUT2D eigenvalue weighted by atomic mass is 10.2. The van der Waals surface area contributed by atoms with Crippen LogP contribution in [0.1, 0.15) is 12.5 Å². The van der Waals surface area contributed by atoms with Gasteiger partial charge in [0.1, 0.15) is 6.54 Å². The molecule has 0 atom stereocenters. The van der Waals surface area contributed by atoms with E-state index < -0.39 is 5.97 Å². The zero-order valence-electron chi connectivity index (χ0n) is 12.0. The summed E-state index contributed by atoms with van der Waals surface area (Å²) in [7, 11) is 0. The maximum Gasteiger partial charge on any atom is 0.321 e. The molecule has 1 aliphatic rings. The van der Waals surface area contributed by atoms with Gasteiger partial charge in [-0.25, -0.2) is 10.4 Å². The number of thiocarbonyl (C=S) groups is 1. The smallest absolute Gasteiger partial charge is 0.321 e. The summed E-state index contributed by atoms with van der Waals surface area (Å²) in [6.07, 6.45) is 1.58. The van der Waals surface area contributed by atoms with Crippen LogP contribution in [0.3, 0.4) is 0 Å². The van der Waals surface area contributed by atoms with Gasteiger partial charge in [0.25, 0.3) is 5.91 Å². The first-order chi connectivity index (χ1) is 10.9. The molecule has 0 radical (unpaired) electrons. The molecule has 1 amide bonds. The topological polar surface area (TPSA) is 58.6 Å². The van der Waals surface area contributed by atoms with Crippen molar-refractivity contribution in [3.8, 4) is 0 Å². The van der Waals surface area contributed by atoms with Crippen molar-refractivity contribution in [1.82, 2.24) is 10.4 Å². The predicted molar refractivity (Wildman–Crippen MR) is 96.1 cm³/mol.